The second kappa shape index (κ2) is 7.76. The molecule has 0 aliphatic carbocycles. The van der Waals surface area contributed by atoms with Crippen molar-refractivity contribution in [3.05, 3.63) is 36.2 Å². The molecular formula is C23H29N7O. The second-order valence-electron chi connectivity index (χ2n) is 9.29. The molecule has 162 valence electrons. The summed E-state index contributed by atoms with van der Waals surface area (Å²) in [5.74, 6) is 3.16. The number of hydrogen-bond donors (Lipinski definition) is 3. The average molecular weight is 420 g/mol. The van der Waals surface area contributed by atoms with Gasteiger partial charge < -0.3 is 15.4 Å². The molecule has 3 atom stereocenters. The molecule has 0 saturated carbocycles. The van der Waals surface area contributed by atoms with Crippen molar-refractivity contribution in [3.8, 4) is 0 Å². The van der Waals surface area contributed by atoms with Gasteiger partial charge in [-0.25, -0.2) is 4.98 Å². The van der Waals surface area contributed by atoms with E-state index in [1.54, 1.807) is 0 Å². The van der Waals surface area contributed by atoms with Gasteiger partial charge in [0.05, 0.1) is 18.7 Å². The zero-order chi connectivity index (χ0) is 20.8. The largest absolute Gasteiger partial charge is 0.381 e. The molecule has 3 aromatic heterocycles. The number of ether oxygens (including phenoxy) is 1. The molecule has 0 aromatic carbocycles. The van der Waals surface area contributed by atoms with Gasteiger partial charge in [0.2, 0.25) is 0 Å². The van der Waals surface area contributed by atoms with Crippen LogP contribution in [0, 0.1) is 12.8 Å². The molecule has 31 heavy (non-hydrogen) atoms. The van der Waals surface area contributed by atoms with E-state index < -0.39 is 0 Å². The molecule has 2 bridgehead atoms. The van der Waals surface area contributed by atoms with Gasteiger partial charge in [0.1, 0.15) is 11.6 Å². The summed E-state index contributed by atoms with van der Waals surface area (Å²) in [6.45, 7) is 5.07. The van der Waals surface area contributed by atoms with Gasteiger partial charge in [-0.15, -0.1) is 0 Å². The lowest BCUT2D eigenvalue weighted by Gasteiger charge is -2.42. The fraction of sp³-hybridized carbons (Fsp3) is 0.522. The maximum Gasteiger partial charge on any atom is 0.153 e. The van der Waals surface area contributed by atoms with E-state index in [9.17, 15) is 0 Å². The van der Waals surface area contributed by atoms with Crippen molar-refractivity contribution in [2.75, 3.05) is 30.4 Å². The number of nitrogens with one attached hydrogen (secondary N) is 3. The summed E-state index contributed by atoms with van der Waals surface area (Å²) >= 11 is 0. The molecule has 3 aliphatic rings. The van der Waals surface area contributed by atoms with Crippen molar-refractivity contribution >= 4 is 28.4 Å². The van der Waals surface area contributed by atoms with Crippen LogP contribution in [0.2, 0.25) is 0 Å². The van der Waals surface area contributed by atoms with Gasteiger partial charge in [-0.1, -0.05) is 0 Å². The average Bonchev–Trinajstić information content (AvgIpc) is 3.23. The van der Waals surface area contributed by atoms with Crippen LogP contribution in [0.4, 0.5) is 17.5 Å². The van der Waals surface area contributed by atoms with Crippen LogP contribution in [0.5, 0.6) is 0 Å². The van der Waals surface area contributed by atoms with Crippen LogP contribution in [0.3, 0.4) is 0 Å². The first-order valence-electron chi connectivity index (χ1n) is 11.4. The van der Waals surface area contributed by atoms with Crippen LogP contribution in [-0.4, -0.2) is 62.9 Å². The predicted octanol–water partition coefficient (Wildman–Crippen LogP) is 3.46. The maximum atomic E-state index is 5.40. The molecule has 0 unspecified atom stereocenters. The fourth-order valence-corrected chi connectivity index (χ4v) is 5.43. The number of anilines is 3. The summed E-state index contributed by atoms with van der Waals surface area (Å²) in [5.41, 5.74) is 1.94. The highest BCUT2D eigenvalue weighted by molar-refractivity contribution is 5.91. The van der Waals surface area contributed by atoms with Crippen molar-refractivity contribution in [1.82, 2.24) is 25.1 Å². The molecule has 3 aromatic rings. The molecule has 3 N–H and O–H groups in total. The lowest BCUT2D eigenvalue weighted by Crippen LogP contribution is -2.51. The van der Waals surface area contributed by atoms with E-state index >= 15 is 0 Å². The number of rotatable bonds is 6. The van der Waals surface area contributed by atoms with Gasteiger partial charge in [0.25, 0.3) is 0 Å². The quantitative estimate of drug-likeness (QED) is 0.564. The van der Waals surface area contributed by atoms with Crippen LogP contribution in [0.25, 0.3) is 10.9 Å². The van der Waals surface area contributed by atoms with Crippen molar-refractivity contribution in [3.63, 3.8) is 0 Å². The molecule has 0 radical (unpaired) electrons. The van der Waals surface area contributed by atoms with E-state index in [1.165, 1.54) is 32.2 Å². The highest BCUT2D eigenvalue weighted by Gasteiger charge is 2.42. The molecular weight excluding hydrogens is 390 g/mol. The minimum absolute atomic E-state index is 0.435. The Morgan fingerprint density at radius 1 is 1.16 bits per heavy atom. The van der Waals surface area contributed by atoms with Crippen molar-refractivity contribution in [1.29, 1.82) is 0 Å². The van der Waals surface area contributed by atoms with Crippen LogP contribution >= 0.6 is 0 Å². The number of aromatic amines is 1. The fourth-order valence-electron chi connectivity index (χ4n) is 5.43. The van der Waals surface area contributed by atoms with Crippen LogP contribution in [-0.2, 0) is 4.74 Å². The zero-order valence-electron chi connectivity index (χ0n) is 17.8. The van der Waals surface area contributed by atoms with E-state index in [-0.39, 0.29) is 0 Å². The van der Waals surface area contributed by atoms with Crippen molar-refractivity contribution in [2.24, 2.45) is 5.92 Å². The van der Waals surface area contributed by atoms with Crippen LogP contribution in [0.1, 0.15) is 31.4 Å². The number of H-pyrrole nitrogens is 1. The number of piperidine rings is 1. The van der Waals surface area contributed by atoms with Crippen molar-refractivity contribution in [2.45, 2.75) is 50.7 Å². The molecule has 6 heterocycles. The standard InChI is InChI=1S/C23H29N7O/c1-14-7-22(29-28-14)26-21-10-20-19(3-2-6-24-20)23(27-21)25-16-8-17-4-5-18(9-16)30(17)11-15-12-31-13-15/h2-3,6-7,10,15-18H,4-5,8-9,11-13H2,1H3,(H3,25,26,27,28,29)/t16-,17-,18+. The summed E-state index contributed by atoms with van der Waals surface area (Å²) in [7, 11) is 0. The van der Waals surface area contributed by atoms with E-state index in [4.69, 9.17) is 9.72 Å². The van der Waals surface area contributed by atoms with E-state index in [0.717, 1.165) is 53.2 Å². The molecule has 3 saturated heterocycles. The summed E-state index contributed by atoms with van der Waals surface area (Å²) in [5, 5.41) is 15.4. The Balaban J connectivity index is 1.22. The maximum absolute atomic E-state index is 5.40. The van der Waals surface area contributed by atoms with Gasteiger partial charge in [-0.3, -0.25) is 15.0 Å². The van der Waals surface area contributed by atoms with Crippen LogP contribution in [0.15, 0.2) is 30.5 Å². The summed E-state index contributed by atoms with van der Waals surface area (Å²) < 4.78 is 5.40. The van der Waals surface area contributed by atoms with E-state index in [0.29, 0.717) is 18.1 Å². The van der Waals surface area contributed by atoms with Gasteiger partial charge in [-0.2, -0.15) is 5.10 Å². The SMILES string of the molecule is Cc1cc(Nc2cc3ncccc3c(N[C@@H]3C[C@H]4CC[C@@H](C3)N4CC3COC3)n2)n[nH]1. The summed E-state index contributed by atoms with van der Waals surface area (Å²) in [6, 6.07) is 9.82. The Labute approximate surface area is 181 Å². The molecule has 3 aliphatic heterocycles. The smallest absolute Gasteiger partial charge is 0.153 e. The highest BCUT2D eigenvalue weighted by atomic mass is 16.5. The minimum atomic E-state index is 0.435. The Morgan fingerprint density at radius 3 is 2.71 bits per heavy atom. The van der Waals surface area contributed by atoms with Gasteiger partial charge >= 0.3 is 0 Å². The third-order valence-corrected chi connectivity index (χ3v) is 6.96. The number of hydrogen-bond acceptors (Lipinski definition) is 7. The normalized spacial score (nSPS) is 26.2. The van der Waals surface area contributed by atoms with E-state index in [2.05, 4.69) is 36.8 Å². The third-order valence-electron chi connectivity index (χ3n) is 6.96. The zero-order valence-corrected chi connectivity index (χ0v) is 17.8. The van der Waals surface area contributed by atoms with Gasteiger partial charge in [0, 0.05) is 60.0 Å². The minimum Gasteiger partial charge on any atom is -0.381 e. The van der Waals surface area contributed by atoms with Gasteiger partial charge in [-0.05, 0) is 44.7 Å². The molecule has 8 nitrogen and oxygen atoms in total. The second-order valence-corrected chi connectivity index (χ2v) is 9.29. The van der Waals surface area contributed by atoms with Gasteiger partial charge in [0.15, 0.2) is 5.82 Å². The molecule has 6 rings (SSSR count). The monoisotopic (exact) mass is 419 g/mol. The first-order chi connectivity index (χ1) is 15.2. The van der Waals surface area contributed by atoms with Crippen LogP contribution < -0.4 is 10.6 Å². The topological polar surface area (TPSA) is 91.0 Å². The lowest BCUT2D eigenvalue weighted by molar-refractivity contribution is -0.0568. The van der Waals surface area contributed by atoms with E-state index in [1.807, 2.05) is 31.3 Å². The molecule has 0 spiro atoms. The Morgan fingerprint density at radius 2 is 2.00 bits per heavy atom. The number of aromatic nitrogens is 4. The lowest BCUT2D eigenvalue weighted by atomic mass is 9.95. The Kier molecular flexibility index (Phi) is 4.76. The Hall–Kier alpha value is -2.71. The molecule has 3 fully saturated rings. The molecule has 8 heteroatoms. The number of fused-ring (bicyclic) bond motifs is 3. The van der Waals surface area contributed by atoms with Crippen molar-refractivity contribution < 1.29 is 4.74 Å². The first kappa shape index (κ1) is 19.0. The third kappa shape index (κ3) is 3.74. The predicted molar refractivity (Wildman–Crippen MR) is 121 cm³/mol. The number of aryl methyl sites for hydroxylation is 1. The summed E-state index contributed by atoms with van der Waals surface area (Å²) in [6.07, 6.45) is 6.80. The number of nitrogens with zero attached hydrogens (tertiary/aromatic N) is 4. The first-order valence-corrected chi connectivity index (χ1v) is 11.4. The Bertz CT molecular complexity index is 1060. The number of pyridine rings is 2. The summed E-state index contributed by atoms with van der Waals surface area (Å²) in [4.78, 5) is 12.3. The highest BCUT2D eigenvalue weighted by Crippen LogP contribution is 2.38. The molecule has 0 amide bonds.